The zero-order valence-corrected chi connectivity index (χ0v) is 14.2. The summed E-state index contributed by atoms with van der Waals surface area (Å²) in [5.41, 5.74) is 0. The van der Waals surface area contributed by atoms with E-state index in [1.54, 1.807) is 0 Å². The third kappa shape index (κ3) is 12.9. The minimum absolute atomic E-state index is 0.0111. The van der Waals surface area contributed by atoms with Crippen LogP contribution in [0.2, 0.25) is 0 Å². The molecule has 124 valence electrons. The molecule has 0 radical (unpaired) electrons. The highest BCUT2D eigenvalue weighted by atomic mass is 16.5. The molecule has 0 amide bonds. The highest BCUT2D eigenvalue weighted by Gasteiger charge is 2.19. The van der Waals surface area contributed by atoms with Crippen molar-refractivity contribution in [2.75, 3.05) is 6.61 Å². The molecular formula is C19H36O2. The Morgan fingerprint density at radius 3 is 1.90 bits per heavy atom. The number of unbranched alkanes of at least 4 members (excludes halogenated alkanes) is 9. The van der Waals surface area contributed by atoms with Gasteiger partial charge in [-0.25, -0.2) is 0 Å². The number of hydrogen-bond donors (Lipinski definition) is 0. The van der Waals surface area contributed by atoms with E-state index in [-0.39, 0.29) is 5.97 Å². The molecule has 0 aromatic rings. The summed E-state index contributed by atoms with van der Waals surface area (Å²) in [6, 6.07) is 0. The Morgan fingerprint density at radius 2 is 1.38 bits per heavy atom. The van der Waals surface area contributed by atoms with Gasteiger partial charge in [0.15, 0.2) is 0 Å². The maximum Gasteiger partial charge on any atom is 0.305 e. The van der Waals surface area contributed by atoms with Gasteiger partial charge in [-0.15, -0.1) is 0 Å². The lowest BCUT2D eigenvalue weighted by molar-refractivity contribution is -0.143. The number of carbonyl (C=O) groups is 1. The van der Waals surface area contributed by atoms with Crippen LogP contribution < -0.4 is 0 Å². The summed E-state index contributed by atoms with van der Waals surface area (Å²) in [5, 5.41) is 0. The van der Waals surface area contributed by atoms with Crippen molar-refractivity contribution >= 4 is 5.97 Å². The van der Waals surface area contributed by atoms with Gasteiger partial charge in [-0.1, -0.05) is 84.0 Å². The summed E-state index contributed by atoms with van der Waals surface area (Å²) in [4.78, 5) is 11.3. The summed E-state index contributed by atoms with van der Waals surface area (Å²) in [7, 11) is 0. The Morgan fingerprint density at radius 1 is 0.857 bits per heavy atom. The molecule has 1 rings (SSSR count). The van der Waals surface area contributed by atoms with Gasteiger partial charge in [-0.05, 0) is 18.8 Å². The van der Waals surface area contributed by atoms with Crippen LogP contribution in [0.3, 0.4) is 0 Å². The maximum atomic E-state index is 11.3. The standard InChI is InChI=1S/C19H36O2/c1-2-17-21-19(20)14-12-10-8-6-4-3-5-7-9-11-13-18-15-16-18/h18H,2-17H2,1H3. The van der Waals surface area contributed by atoms with Crippen LogP contribution in [-0.2, 0) is 9.53 Å². The second-order valence-corrected chi connectivity index (χ2v) is 6.74. The molecule has 0 aliphatic heterocycles. The van der Waals surface area contributed by atoms with Gasteiger partial charge in [0.25, 0.3) is 0 Å². The van der Waals surface area contributed by atoms with Gasteiger partial charge in [-0.3, -0.25) is 4.79 Å². The highest BCUT2D eigenvalue weighted by Crippen LogP contribution is 2.34. The van der Waals surface area contributed by atoms with E-state index >= 15 is 0 Å². The smallest absolute Gasteiger partial charge is 0.305 e. The summed E-state index contributed by atoms with van der Waals surface area (Å²) in [6.45, 7) is 2.61. The van der Waals surface area contributed by atoms with E-state index in [1.165, 1.54) is 77.0 Å². The first kappa shape index (κ1) is 18.5. The maximum absolute atomic E-state index is 11.3. The molecule has 0 unspecified atom stereocenters. The zero-order valence-electron chi connectivity index (χ0n) is 14.2. The number of hydrogen-bond acceptors (Lipinski definition) is 2. The molecule has 0 atom stereocenters. The third-order valence-electron chi connectivity index (χ3n) is 4.41. The second-order valence-electron chi connectivity index (χ2n) is 6.74. The van der Waals surface area contributed by atoms with Gasteiger partial charge < -0.3 is 4.74 Å². The van der Waals surface area contributed by atoms with Crippen LogP contribution in [0.15, 0.2) is 0 Å². The number of ether oxygens (including phenoxy) is 1. The van der Waals surface area contributed by atoms with Gasteiger partial charge in [0.05, 0.1) is 6.61 Å². The predicted octanol–water partition coefficient (Wildman–Crippen LogP) is 6.03. The van der Waals surface area contributed by atoms with Crippen LogP contribution in [0.1, 0.15) is 103 Å². The second kappa shape index (κ2) is 13.2. The third-order valence-corrected chi connectivity index (χ3v) is 4.41. The van der Waals surface area contributed by atoms with E-state index in [0.29, 0.717) is 13.0 Å². The fraction of sp³-hybridized carbons (Fsp3) is 0.947. The number of esters is 1. The molecular weight excluding hydrogens is 260 g/mol. The molecule has 0 aromatic carbocycles. The van der Waals surface area contributed by atoms with Gasteiger partial charge in [-0.2, -0.15) is 0 Å². The zero-order chi connectivity index (χ0) is 15.2. The Balaban J connectivity index is 1.67. The van der Waals surface area contributed by atoms with E-state index in [4.69, 9.17) is 4.74 Å². The Labute approximate surface area is 132 Å². The Bertz CT molecular complexity index is 246. The number of rotatable bonds is 15. The first-order valence-corrected chi connectivity index (χ1v) is 9.48. The quantitative estimate of drug-likeness (QED) is 0.272. The summed E-state index contributed by atoms with van der Waals surface area (Å²) in [5.74, 6) is 1.10. The van der Waals surface area contributed by atoms with Crippen molar-refractivity contribution < 1.29 is 9.53 Å². The van der Waals surface area contributed by atoms with Crippen molar-refractivity contribution in [1.29, 1.82) is 0 Å². The van der Waals surface area contributed by atoms with E-state index in [1.807, 2.05) is 6.92 Å². The normalized spacial score (nSPS) is 14.3. The molecule has 0 N–H and O–H groups in total. The first-order chi connectivity index (χ1) is 10.3. The van der Waals surface area contributed by atoms with Crippen LogP contribution in [-0.4, -0.2) is 12.6 Å². The molecule has 0 saturated heterocycles. The molecule has 0 heterocycles. The van der Waals surface area contributed by atoms with Gasteiger partial charge in [0.2, 0.25) is 0 Å². The van der Waals surface area contributed by atoms with E-state index in [0.717, 1.165) is 18.8 Å². The van der Waals surface area contributed by atoms with Crippen LogP contribution >= 0.6 is 0 Å². The van der Waals surface area contributed by atoms with Crippen LogP contribution in [0, 0.1) is 5.92 Å². The summed E-state index contributed by atoms with van der Waals surface area (Å²) < 4.78 is 5.06. The van der Waals surface area contributed by atoms with Gasteiger partial charge >= 0.3 is 5.97 Å². The first-order valence-electron chi connectivity index (χ1n) is 9.48. The van der Waals surface area contributed by atoms with Crippen molar-refractivity contribution in [3.8, 4) is 0 Å². The predicted molar refractivity (Wildman–Crippen MR) is 89.4 cm³/mol. The molecule has 1 aliphatic rings. The largest absolute Gasteiger partial charge is 0.466 e. The fourth-order valence-corrected chi connectivity index (χ4v) is 2.81. The van der Waals surface area contributed by atoms with E-state index in [2.05, 4.69) is 0 Å². The monoisotopic (exact) mass is 296 g/mol. The average molecular weight is 296 g/mol. The molecule has 2 heteroatoms. The van der Waals surface area contributed by atoms with Crippen molar-refractivity contribution in [2.24, 2.45) is 5.92 Å². The molecule has 1 saturated carbocycles. The summed E-state index contributed by atoms with van der Waals surface area (Å²) >= 11 is 0. The molecule has 1 fully saturated rings. The average Bonchev–Trinajstić information content (AvgIpc) is 3.30. The number of carbonyl (C=O) groups excluding carboxylic acids is 1. The Hall–Kier alpha value is -0.530. The topological polar surface area (TPSA) is 26.3 Å². The van der Waals surface area contributed by atoms with E-state index in [9.17, 15) is 4.79 Å². The lowest BCUT2D eigenvalue weighted by atomic mass is 10.0. The van der Waals surface area contributed by atoms with Crippen molar-refractivity contribution in [3.05, 3.63) is 0 Å². The Kier molecular flexibility index (Phi) is 11.6. The minimum Gasteiger partial charge on any atom is -0.466 e. The van der Waals surface area contributed by atoms with Crippen molar-refractivity contribution in [2.45, 2.75) is 103 Å². The molecule has 0 spiro atoms. The van der Waals surface area contributed by atoms with Gasteiger partial charge in [0, 0.05) is 6.42 Å². The minimum atomic E-state index is -0.0111. The summed E-state index contributed by atoms with van der Waals surface area (Å²) in [6.07, 6.45) is 19.4. The van der Waals surface area contributed by atoms with Crippen LogP contribution in [0.5, 0.6) is 0 Å². The van der Waals surface area contributed by atoms with Crippen LogP contribution in [0.4, 0.5) is 0 Å². The molecule has 0 aromatic heterocycles. The van der Waals surface area contributed by atoms with Gasteiger partial charge in [0.1, 0.15) is 0 Å². The fourth-order valence-electron chi connectivity index (χ4n) is 2.81. The highest BCUT2D eigenvalue weighted by molar-refractivity contribution is 5.69. The van der Waals surface area contributed by atoms with E-state index < -0.39 is 0 Å². The molecule has 0 bridgehead atoms. The lowest BCUT2D eigenvalue weighted by Crippen LogP contribution is -2.04. The molecule has 21 heavy (non-hydrogen) atoms. The molecule has 1 aliphatic carbocycles. The lowest BCUT2D eigenvalue weighted by Gasteiger charge is -2.04. The van der Waals surface area contributed by atoms with Crippen molar-refractivity contribution in [3.63, 3.8) is 0 Å². The SMILES string of the molecule is CCCOC(=O)CCCCCCCCCCCCC1CC1. The van der Waals surface area contributed by atoms with Crippen LogP contribution in [0.25, 0.3) is 0 Å². The van der Waals surface area contributed by atoms with Crippen molar-refractivity contribution in [1.82, 2.24) is 0 Å². The molecule has 2 nitrogen and oxygen atoms in total.